The van der Waals surface area contributed by atoms with Crippen molar-refractivity contribution in [1.82, 2.24) is 0 Å². The molecule has 0 aromatic carbocycles. The molecule has 19 heteroatoms. The molecule has 0 heterocycles. The summed E-state index contributed by atoms with van der Waals surface area (Å²) in [4.78, 5) is 72.6. The maximum absolute atomic E-state index is 13.1. The van der Waals surface area contributed by atoms with Crippen LogP contribution in [0.3, 0.4) is 0 Å². The fourth-order valence-electron chi connectivity index (χ4n) is 11.3. The van der Waals surface area contributed by atoms with Crippen molar-refractivity contribution in [3.8, 4) is 0 Å². The minimum absolute atomic E-state index is 0.106. The molecule has 3 N–H and O–H groups in total. The summed E-state index contributed by atoms with van der Waals surface area (Å²) >= 11 is 0. The van der Waals surface area contributed by atoms with Crippen LogP contribution in [-0.2, 0) is 65.4 Å². The number of aliphatic hydroxyl groups is 1. The van der Waals surface area contributed by atoms with Crippen LogP contribution < -0.4 is 0 Å². The highest BCUT2D eigenvalue weighted by molar-refractivity contribution is 7.47. The van der Waals surface area contributed by atoms with Crippen LogP contribution in [0.25, 0.3) is 0 Å². The van der Waals surface area contributed by atoms with Gasteiger partial charge in [-0.3, -0.25) is 37.3 Å². The predicted molar refractivity (Wildman–Crippen MR) is 377 cm³/mol. The average Bonchev–Trinajstić information content (AvgIpc) is 2.98. The lowest BCUT2D eigenvalue weighted by Gasteiger charge is -2.21. The molecule has 0 rings (SSSR count). The van der Waals surface area contributed by atoms with Crippen molar-refractivity contribution in [1.29, 1.82) is 0 Å². The Kier molecular flexibility index (Phi) is 64.6. The second-order valence-electron chi connectivity index (χ2n) is 27.6. The maximum atomic E-state index is 13.1. The molecule has 5 atom stereocenters. The van der Waals surface area contributed by atoms with E-state index in [0.717, 1.165) is 115 Å². The van der Waals surface area contributed by atoms with Gasteiger partial charge in [0.25, 0.3) is 0 Å². The van der Waals surface area contributed by atoms with Gasteiger partial charge in [-0.05, 0) is 37.5 Å². The predicted octanol–water partition coefficient (Wildman–Crippen LogP) is 21.6. The molecule has 0 saturated carbocycles. The molecule has 0 aliphatic heterocycles. The van der Waals surface area contributed by atoms with Crippen molar-refractivity contribution >= 4 is 39.5 Å². The Morgan fingerprint density at radius 2 is 0.495 bits per heavy atom. The smallest absolute Gasteiger partial charge is 0.462 e. The van der Waals surface area contributed by atoms with Gasteiger partial charge < -0.3 is 33.8 Å². The summed E-state index contributed by atoms with van der Waals surface area (Å²) in [7, 11) is -9.90. The molecule has 17 nitrogen and oxygen atoms in total. The van der Waals surface area contributed by atoms with Gasteiger partial charge in [-0.1, -0.05) is 330 Å². The maximum Gasteiger partial charge on any atom is 0.472 e. The minimum atomic E-state index is -4.95. The standard InChI is InChI=1S/C74H144O17P2/c1-7-9-11-13-15-16-17-18-19-20-21-22-23-24-25-26-34-40-46-52-58-73(78)91-70(63-85-72(77)57-51-45-39-33-29-27-31-37-42-48-54-66(3)4)65-89-93(82,83)87-61-68(75)60-86-92(80,81)88-64-69(62-84-71(76)56-50-44-36-14-12-10-8-2)90-74(79)59-53-47-41-35-30-28-32-38-43-49-55-67(5)6/h66-70,75H,7-65H2,1-6H3,(H,80,81)(H,82,83)/t68-,69+,70+/m0/s1. The zero-order valence-electron chi connectivity index (χ0n) is 60.6. The third-order valence-electron chi connectivity index (χ3n) is 17.2. The van der Waals surface area contributed by atoms with Crippen molar-refractivity contribution in [3.63, 3.8) is 0 Å². The van der Waals surface area contributed by atoms with E-state index in [1.54, 1.807) is 0 Å². The van der Waals surface area contributed by atoms with Gasteiger partial charge in [0.15, 0.2) is 12.2 Å². The highest BCUT2D eigenvalue weighted by atomic mass is 31.2. The van der Waals surface area contributed by atoms with Crippen LogP contribution in [0, 0.1) is 11.8 Å². The van der Waals surface area contributed by atoms with Crippen molar-refractivity contribution in [2.45, 2.75) is 400 Å². The number of hydrogen-bond acceptors (Lipinski definition) is 15. The summed E-state index contributed by atoms with van der Waals surface area (Å²) in [6, 6.07) is 0. The molecule has 0 bridgehead atoms. The lowest BCUT2D eigenvalue weighted by atomic mass is 10.0. The van der Waals surface area contributed by atoms with Gasteiger partial charge in [-0.15, -0.1) is 0 Å². The number of aliphatic hydroxyl groups excluding tert-OH is 1. The first-order chi connectivity index (χ1) is 44.9. The molecule has 93 heavy (non-hydrogen) atoms. The molecule has 0 aromatic rings. The van der Waals surface area contributed by atoms with Gasteiger partial charge in [-0.25, -0.2) is 9.13 Å². The van der Waals surface area contributed by atoms with E-state index in [4.69, 9.17) is 37.0 Å². The Hall–Kier alpha value is -1.94. The first-order valence-electron chi connectivity index (χ1n) is 38.5. The van der Waals surface area contributed by atoms with Gasteiger partial charge in [-0.2, -0.15) is 0 Å². The molecule has 552 valence electrons. The number of phosphoric acid groups is 2. The second kappa shape index (κ2) is 66.0. The highest BCUT2D eigenvalue weighted by Gasteiger charge is 2.30. The number of unbranched alkanes of at least 4 members (excludes halogenated alkanes) is 43. The molecule has 0 aromatic heterocycles. The minimum Gasteiger partial charge on any atom is -0.462 e. The number of ether oxygens (including phenoxy) is 4. The van der Waals surface area contributed by atoms with Crippen LogP contribution in [-0.4, -0.2) is 96.7 Å². The van der Waals surface area contributed by atoms with Crippen molar-refractivity contribution in [3.05, 3.63) is 0 Å². The van der Waals surface area contributed by atoms with Gasteiger partial charge in [0.05, 0.1) is 26.4 Å². The summed E-state index contributed by atoms with van der Waals surface area (Å²) < 4.78 is 68.3. The Morgan fingerprint density at radius 1 is 0.290 bits per heavy atom. The normalized spacial score (nSPS) is 14.1. The van der Waals surface area contributed by atoms with E-state index in [9.17, 15) is 43.2 Å². The number of carbonyl (C=O) groups excluding carboxylic acids is 4. The van der Waals surface area contributed by atoms with Crippen LogP contribution in [0.1, 0.15) is 382 Å². The zero-order valence-corrected chi connectivity index (χ0v) is 62.3. The summed E-state index contributed by atoms with van der Waals surface area (Å²) in [5, 5.41) is 10.6. The Labute approximate surface area is 568 Å². The summed E-state index contributed by atoms with van der Waals surface area (Å²) in [5.74, 6) is -0.613. The van der Waals surface area contributed by atoms with Gasteiger partial charge in [0.2, 0.25) is 0 Å². The molecule has 0 radical (unpaired) electrons. The molecule has 0 saturated heterocycles. The number of rotatable bonds is 73. The number of esters is 4. The zero-order chi connectivity index (χ0) is 68.6. The van der Waals surface area contributed by atoms with Crippen LogP contribution >= 0.6 is 15.6 Å². The largest absolute Gasteiger partial charge is 0.472 e. The lowest BCUT2D eigenvalue weighted by Crippen LogP contribution is -2.30. The molecule has 0 fully saturated rings. The van der Waals surface area contributed by atoms with Crippen LogP contribution in [0.2, 0.25) is 0 Å². The third kappa shape index (κ3) is 68.4. The molecule has 2 unspecified atom stereocenters. The number of carbonyl (C=O) groups is 4. The van der Waals surface area contributed by atoms with E-state index in [0.29, 0.717) is 25.7 Å². The third-order valence-corrected chi connectivity index (χ3v) is 19.1. The average molecular weight is 1370 g/mol. The monoisotopic (exact) mass is 1370 g/mol. The van der Waals surface area contributed by atoms with Gasteiger partial charge in [0.1, 0.15) is 19.3 Å². The lowest BCUT2D eigenvalue weighted by molar-refractivity contribution is -0.161. The SMILES string of the molecule is CCCCCCCCCCCCCCCCCCCCCCC(=O)O[C@H](COC(=O)CCCCCCCCCCCCC(C)C)COP(=O)(O)OC[C@@H](O)COP(=O)(O)OC[C@@H](COC(=O)CCCCCCCCC)OC(=O)CCCCCCCCCCCCC(C)C. The fraction of sp³-hybridized carbons (Fsp3) is 0.946. The molecule has 0 spiro atoms. The van der Waals surface area contributed by atoms with E-state index >= 15 is 0 Å². The topological polar surface area (TPSA) is 237 Å². The molecule has 0 aliphatic rings. The Bertz CT molecular complexity index is 1800. The molecular formula is C74H144O17P2. The molecule has 0 aliphatic carbocycles. The summed E-state index contributed by atoms with van der Waals surface area (Å²) in [6.45, 7) is 9.52. The Balaban J connectivity index is 5.17. The van der Waals surface area contributed by atoms with E-state index in [1.165, 1.54) is 186 Å². The summed E-state index contributed by atoms with van der Waals surface area (Å²) in [5.41, 5.74) is 0. The fourth-order valence-corrected chi connectivity index (χ4v) is 12.9. The van der Waals surface area contributed by atoms with Gasteiger partial charge in [0, 0.05) is 25.7 Å². The van der Waals surface area contributed by atoms with E-state index < -0.39 is 97.5 Å². The quantitative estimate of drug-likeness (QED) is 0.0222. The van der Waals surface area contributed by atoms with Crippen LogP contribution in [0.4, 0.5) is 0 Å². The number of phosphoric ester groups is 2. The van der Waals surface area contributed by atoms with Gasteiger partial charge >= 0.3 is 39.5 Å². The van der Waals surface area contributed by atoms with E-state index in [-0.39, 0.29) is 25.7 Å². The highest BCUT2D eigenvalue weighted by Crippen LogP contribution is 2.45. The Morgan fingerprint density at radius 3 is 0.731 bits per heavy atom. The summed E-state index contributed by atoms with van der Waals surface area (Å²) in [6.07, 6.45) is 52.9. The van der Waals surface area contributed by atoms with Crippen LogP contribution in [0.5, 0.6) is 0 Å². The first-order valence-corrected chi connectivity index (χ1v) is 41.5. The number of hydrogen-bond donors (Lipinski definition) is 3. The molecule has 0 amide bonds. The van der Waals surface area contributed by atoms with Crippen molar-refractivity contribution < 1.29 is 80.2 Å². The first kappa shape index (κ1) is 91.1. The van der Waals surface area contributed by atoms with E-state index in [2.05, 4.69) is 41.5 Å². The second-order valence-corrected chi connectivity index (χ2v) is 30.5. The van der Waals surface area contributed by atoms with Crippen molar-refractivity contribution in [2.24, 2.45) is 11.8 Å². The molecular weight excluding hydrogens is 1220 g/mol. The van der Waals surface area contributed by atoms with Crippen LogP contribution in [0.15, 0.2) is 0 Å². The van der Waals surface area contributed by atoms with Crippen molar-refractivity contribution in [2.75, 3.05) is 39.6 Å². The van der Waals surface area contributed by atoms with E-state index in [1.807, 2.05) is 0 Å².